The Kier molecular flexibility index (Phi) is 188. The van der Waals surface area contributed by atoms with Crippen molar-refractivity contribution in [2.75, 3.05) is 19.1 Å². The van der Waals surface area contributed by atoms with E-state index in [1.807, 2.05) is 86.9 Å². The molecule has 49 heavy (non-hydrogen) atoms. The van der Waals surface area contributed by atoms with Crippen LogP contribution in [0.15, 0.2) is 79.2 Å². The van der Waals surface area contributed by atoms with E-state index in [9.17, 15) is 4.79 Å². The summed E-state index contributed by atoms with van der Waals surface area (Å²) in [6.07, 6.45) is 33.0. The molecule has 3 nitrogen and oxygen atoms in total. The first kappa shape index (κ1) is 83.4. The van der Waals surface area contributed by atoms with Gasteiger partial charge >= 0.3 is 0 Å². The van der Waals surface area contributed by atoms with Gasteiger partial charge in [-0.25, -0.2) is 0 Å². The van der Waals surface area contributed by atoms with E-state index >= 15 is 0 Å². The molecule has 3 aliphatic carbocycles. The van der Waals surface area contributed by atoms with Crippen LogP contribution >= 0.6 is 11.8 Å². The number of aromatic nitrogens is 1. The third kappa shape index (κ3) is 106. The van der Waals surface area contributed by atoms with Gasteiger partial charge < -0.3 is 26.1 Å². The number of pyridine rings is 1. The Morgan fingerprint density at radius 3 is 1.06 bits per heavy atom. The number of likely N-dealkylation sites (N-methyl/N-ethyl adjacent to an activating group) is 1. The van der Waals surface area contributed by atoms with Crippen LogP contribution in [0, 0.1) is 20.8 Å². The van der Waals surface area contributed by atoms with Gasteiger partial charge in [0.1, 0.15) is 5.78 Å². The molecule has 0 unspecified atom stereocenters. The van der Waals surface area contributed by atoms with E-state index in [0.29, 0.717) is 0 Å². The van der Waals surface area contributed by atoms with Crippen molar-refractivity contribution in [1.29, 1.82) is 0 Å². The minimum absolute atomic E-state index is 0. The molecule has 1 fully saturated rings. The Balaban J connectivity index is -0.0000000318. The Hall–Kier alpha value is 1.40. The van der Waals surface area contributed by atoms with Gasteiger partial charge in [0.25, 0.3) is 0 Å². The molecule has 1 heterocycles. The minimum Gasteiger partial charge on any atom is -0.346 e. The monoisotopic (exact) mass is 932 g/mol. The van der Waals surface area contributed by atoms with Gasteiger partial charge in [-0.1, -0.05) is 150 Å². The van der Waals surface area contributed by atoms with Gasteiger partial charge in [-0.15, -0.1) is 0 Å². The molecule has 0 aromatic carbocycles. The maximum Gasteiger partial charge on any atom is 0.146 e. The number of thioether (sulfide) groups is 1. The predicted molar refractivity (Wildman–Crippen MR) is 225 cm³/mol. The number of allylic oxidation sites excluding steroid dienone is 8. The third-order valence-corrected chi connectivity index (χ3v) is 5.22. The smallest absolute Gasteiger partial charge is 0.146 e. The summed E-state index contributed by atoms with van der Waals surface area (Å²) in [5.74, 6) is 1.28. The van der Waals surface area contributed by atoms with E-state index in [4.69, 9.17) is 0 Å². The molecule has 3 radical (unpaired) electrons. The molecule has 3 aliphatic rings. The van der Waals surface area contributed by atoms with E-state index in [1.165, 1.54) is 32.1 Å². The van der Waals surface area contributed by atoms with Crippen molar-refractivity contribution >= 4 is 17.5 Å². The third-order valence-electron chi connectivity index (χ3n) is 4.58. The quantitative estimate of drug-likeness (QED) is 0.299. The predicted octanol–water partition coefficient (Wildman–Crippen LogP) is 14.2. The molecular formula is C42H85N2OSY3-3. The first-order chi connectivity index (χ1) is 22.2. The molecule has 287 valence electrons. The van der Waals surface area contributed by atoms with E-state index in [-0.39, 0.29) is 117 Å². The maximum absolute atomic E-state index is 10.8. The fourth-order valence-corrected chi connectivity index (χ4v) is 3.24. The minimum atomic E-state index is 0. The van der Waals surface area contributed by atoms with Gasteiger partial charge in [-0.2, -0.15) is 32.5 Å². The van der Waals surface area contributed by atoms with Crippen LogP contribution in [-0.4, -0.2) is 35.9 Å². The number of hydrogen-bond acceptors (Lipinski definition) is 4. The summed E-state index contributed by atoms with van der Waals surface area (Å²) in [6, 6.07) is 5.78. The number of nitrogens with zero attached hydrogens (tertiary/aromatic N) is 1. The summed E-state index contributed by atoms with van der Waals surface area (Å²) in [4.78, 5) is 14.6. The zero-order valence-electron chi connectivity index (χ0n) is 34.6. The van der Waals surface area contributed by atoms with Crippen LogP contribution in [0.2, 0.25) is 0 Å². The van der Waals surface area contributed by atoms with Crippen molar-refractivity contribution in [3.63, 3.8) is 0 Å². The van der Waals surface area contributed by atoms with E-state index in [1.54, 1.807) is 51.9 Å². The normalized spacial score (nSPS) is 10.6. The standard InChI is InChI=1S/C7H15NOS.C5H5N.C5H10.2C5H6.4C2H6.3C2H5.CH4.3Y/c1-6(9)7(8-2)4-5-10-3;1-2-4-6-5-3-1;3*1-2-4-5-3-1;7*1-2;;;;/h7-8H,4-5H2,1-3H3;1-5H;1-5H2;2*1-4H,5H2;4*1-2H3;3*1H2,2H3;1H4;;;/q;;;;;;;;;3*-1;;;;/t7-;;;;;;;;;;;;;;;/m0.............../s1. The van der Waals surface area contributed by atoms with Gasteiger partial charge in [0.05, 0.1) is 6.04 Å². The van der Waals surface area contributed by atoms with Crippen molar-refractivity contribution in [1.82, 2.24) is 10.3 Å². The molecule has 1 aromatic rings. The average molecular weight is 933 g/mol. The number of hydrogen-bond donors (Lipinski definition) is 1. The van der Waals surface area contributed by atoms with Crippen molar-refractivity contribution in [3.8, 4) is 0 Å². The molecular weight excluding hydrogens is 847 g/mol. The van der Waals surface area contributed by atoms with Crippen LogP contribution < -0.4 is 5.32 Å². The fourth-order valence-electron chi connectivity index (χ4n) is 2.77. The number of rotatable bonds is 5. The van der Waals surface area contributed by atoms with E-state index in [2.05, 4.69) is 79.7 Å². The van der Waals surface area contributed by atoms with Gasteiger partial charge in [0, 0.05) is 111 Å². The largest absolute Gasteiger partial charge is 0.346 e. The number of ketones is 1. The number of carbonyl (C=O) groups is 1. The molecule has 0 amide bonds. The zero-order chi connectivity index (χ0) is 36.8. The Bertz CT molecular complexity index is 562. The van der Waals surface area contributed by atoms with Gasteiger partial charge in [0.2, 0.25) is 0 Å². The summed E-state index contributed by atoms with van der Waals surface area (Å²) in [5.41, 5.74) is 0. The molecule has 0 bridgehead atoms. The van der Waals surface area contributed by atoms with Crippen molar-refractivity contribution in [2.45, 2.75) is 148 Å². The zero-order valence-corrected chi connectivity index (χ0v) is 43.9. The van der Waals surface area contributed by atoms with Crippen molar-refractivity contribution in [2.24, 2.45) is 0 Å². The molecule has 1 atom stereocenters. The van der Waals surface area contributed by atoms with Crippen LogP contribution in [-0.2, 0) is 103 Å². The average Bonchev–Trinajstić information content (AvgIpc) is 4.00. The van der Waals surface area contributed by atoms with Gasteiger partial charge in [-0.3, -0.25) is 9.78 Å². The SMILES string of the molecule is C.C1=CCC=C1.C1=CCC=C1.C1CCCC1.CC.CC.CC.CC.CN[C@@H](CCSC)C(C)=O.[CH2-]C.[CH2-]C.[CH2-]C.[Y].[Y].[Y].c1ccncc1. The van der Waals surface area contributed by atoms with Crippen LogP contribution in [0.1, 0.15) is 142 Å². The van der Waals surface area contributed by atoms with E-state index in [0.717, 1.165) is 25.0 Å². The summed E-state index contributed by atoms with van der Waals surface area (Å²) in [7, 11) is 1.83. The van der Waals surface area contributed by atoms with Crippen LogP contribution in [0.3, 0.4) is 0 Å². The number of nitrogens with one attached hydrogen (secondary N) is 1. The van der Waals surface area contributed by atoms with Gasteiger partial charge in [0.15, 0.2) is 0 Å². The topological polar surface area (TPSA) is 42.0 Å². The first-order valence-electron chi connectivity index (χ1n) is 17.5. The molecule has 1 N–H and O–H groups in total. The van der Waals surface area contributed by atoms with Crippen LogP contribution in [0.4, 0.5) is 0 Å². The van der Waals surface area contributed by atoms with Crippen molar-refractivity contribution in [3.05, 3.63) is 100.0 Å². The Morgan fingerprint density at radius 2 is 0.939 bits per heavy atom. The molecule has 0 spiro atoms. The van der Waals surface area contributed by atoms with Crippen molar-refractivity contribution < 1.29 is 103 Å². The Labute approximate surface area is 392 Å². The molecule has 1 saturated carbocycles. The maximum atomic E-state index is 10.8. The molecule has 7 heteroatoms. The molecule has 0 saturated heterocycles. The molecule has 4 rings (SSSR count). The second kappa shape index (κ2) is 110. The second-order valence-corrected chi connectivity index (χ2v) is 8.20. The van der Waals surface area contributed by atoms with Crippen LogP contribution in [0.25, 0.3) is 0 Å². The fraction of sp³-hybridized carbons (Fsp3) is 0.595. The Morgan fingerprint density at radius 1 is 0.653 bits per heavy atom. The molecule has 1 aromatic heterocycles. The summed E-state index contributed by atoms with van der Waals surface area (Å²) in [5, 5.41) is 2.97. The van der Waals surface area contributed by atoms with Crippen LogP contribution in [0.5, 0.6) is 0 Å². The number of carbonyl (C=O) groups excluding carboxylic acids is 1. The van der Waals surface area contributed by atoms with E-state index < -0.39 is 0 Å². The summed E-state index contributed by atoms with van der Waals surface area (Å²) >= 11 is 1.77. The number of Topliss-reactive ketones (excluding diaryl/α,β-unsaturated/α-hetero) is 1. The molecule has 0 aliphatic heterocycles. The van der Waals surface area contributed by atoms with Gasteiger partial charge in [-0.05, 0) is 57.4 Å². The summed E-state index contributed by atoms with van der Waals surface area (Å²) < 4.78 is 0. The second-order valence-electron chi connectivity index (χ2n) is 7.21. The summed E-state index contributed by atoms with van der Waals surface area (Å²) in [6.45, 7) is 32.6. The first-order valence-corrected chi connectivity index (χ1v) is 18.9.